The number of aryl methyl sites for hydroxylation is 2. The summed E-state index contributed by atoms with van der Waals surface area (Å²) in [6.45, 7) is 5.42. The lowest BCUT2D eigenvalue weighted by molar-refractivity contribution is -0.140. The number of carbonyl (C=O) groups excluding carboxylic acids is 1. The van der Waals surface area contributed by atoms with Crippen LogP contribution in [0.1, 0.15) is 19.5 Å². The summed E-state index contributed by atoms with van der Waals surface area (Å²) >= 11 is 0. The number of carbonyl (C=O) groups is 2. The van der Waals surface area contributed by atoms with Crippen LogP contribution < -0.4 is 5.32 Å². The van der Waals surface area contributed by atoms with Crippen LogP contribution in [-0.4, -0.2) is 26.8 Å². The van der Waals surface area contributed by atoms with Gasteiger partial charge >= 0.3 is 5.97 Å². The number of carboxylic acid groups (broad SMARTS) is 1. The molecule has 1 amide bonds. The van der Waals surface area contributed by atoms with Gasteiger partial charge in [0.2, 0.25) is 5.91 Å². The molecule has 1 aromatic rings. The van der Waals surface area contributed by atoms with E-state index in [2.05, 4.69) is 10.4 Å². The molecule has 2 atom stereocenters. The summed E-state index contributed by atoms with van der Waals surface area (Å²) in [7, 11) is 1.73. The number of nitrogens with one attached hydrogen (secondary N) is 1. The van der Waals surface area contributed by atoms with Crippen molar-refractivity contribution in [1.29, 1.82) is 0 Å². The van der Waals surface area contributed by atoms with Gasteiger partial charge in [0.1, 0.15) is 5.82 Å². The predicted molar refractivity (Wildman–Crippen MR) is 65.0 cm³/mol. The molecule has 1 aliphatic rings. The van der Waals surface area contributed by atoms with E-state index in [1.807, 2.05) is 6.92 Å². The summed E-state index contributed by atoms with van der Waals surface area (Å²) in [6, 6.07) is 1.75. The third kappa shape index (κ3) is 1.87. The summed E-state index contributed by atoms with van der Waals surface area (Å²) < 4.78 is 1.57. The summed E-state index contributed by atoms with van der Waals surface area (Å²) in [5, 5.41) is 15.9. The molecule has 1 aromatic heterocycles. The Kier molecular flexibility index (Phi) is 2.68. The standard InChI is InChI=1S/C12H17N3O3/c1-6-5-7(15(4)14-6)13-10(16)8-9(11(17)18)12(8,2)3/h5,8-9H,1-4H3,(H,13,16)(H,17,18)/t8-,9-/m0/s1. The third-order valence-electron chi connectivity index (χ3n) is 3.63. The van der Waals surface area contributed by atoms with Crippen LogP contribution in [0, 0.1) is 24.2 Å². The fourth-order valence-electron chi connectivity index (χ4n) is 2.52. The van der Waals surface area contributed by atoms with E-state index in [1.165, 1.54) is 0 Å². The molecule has 6 heteroatoms. The van der Waals surface area contributed by atoms with E-state index in [9.17, 15) is 9.59 Å². The quantitative estimate of drug-likeness (QED) is 0.840. The number of aliphatic carboxylic acids is 1. The minimum atomic E-state index is -0.915. The highest BCUT2D eigenvalue weighted by Gasteiger charge is 2.65. The normalized spacial score (nSPS) is 24.7. The van der Waals surface area contributed by atoms with Gasteiger partial charge in [-0.25, -0.2) is 0 Å². The lowest BCUT2D eigenvalue weighted by Crippen LogP contribution is -2.19. The Morgan fingerprint density at radius 3 is 2.44 bits per heavy atom. The van der Waals surface area contributed by atoms with Gasteiger partial charge in [0.15, 0.2) is 0 Å². The van der Waals surface area contributed by atoms with E-state index in [4.69, 9.17) is 5.11 Å². The lowest BCUT2D eigenvalue weighted by Gasteiger charge is -2.05. The zero-order valence-electron chi connectivity index (χ0n) is 10.9. The molecular formula is C12H17N3O3. The topological polar surface area (TPSA) is 84.2 Å². The van der Waals surface area contributed by atoms with Crippen molar-refractivity contribution in [2.45, 2.75) is 20.8 Å². The molecule has 1 saturated carbocycles. The van der Waals surface area contributed by atoms with Crippen LogP contribution in [0.25, 0.3) is 0 Å². The molecular weight excluding hydrogens is 234 g/mol. The van der Waals surface area contributed by atoms with Gasteiger partial charge in [-0.05, 0) is 12.3 Å². The van der Waals surface area contributed by atoms with Gasteiger partial charge in [-0.2, -0.15) is 5.10 Å². The van der Waals surface area contributed by atoms with E-state index < -0.39 is 23.2 Å². The Morgan fingerprint density at radius 2 is 2.06 bits per heavy atom. The molecule has 0 aliphatic heterocycles. The van der Waals surface area contributed by atoms with Crippen molar-refractivity contribution in [3.05, 3.63) is 11.8 Å². The van der Waals surface area contributed by atoms with Gasteiger partial charge in [0.25, 0.3) is 0 Å². The van der Waals surface area contributed by atoms with Crippen molar-refractivity contribution in [2.24, 2.45) is 24.3 Å². The highest BCUT2D eigenvalue weighted by molar-refractivity contribution is 5.99. The number of rotatable bonds is 3. The van der Waals surface area contributed by atoms with Gasteiger partial charge in [-0.15, -0.1) is 0 Å². The number of nitrogens with zero attached hydrogens (tertiary/aromatic N) is 2. The number of anilines is 1. The first-order valence-electron chi connectivity index (χ1n) is 5.79. The molecule has 1 heterocycles. The molecule has 2 rings (SSSR count). The zero-order valence-corrected chi connectivity index (χ0v) is 10.9. The summed E-state index contributed by atoms with van der Waals surface area (Å²) in [5.74, 6) is -1.67. The van der Waals surface area contributed by atoms with Crippen molar-refractivity contribution in [3.63, 3.8) is 0 Å². The molecule has 0 unspecified atom stereocenters. The Labute approximate surface area is 105 Å². The Morgan fingerprint density at radius 1 is 1.44 bits per heavy atom. The maximum Gasteiger partial charge on any atom is 0.307 e. The molecule has 1 aliphatic carbocycles. The summed E-state index contributed by atoms with van der Waals surface area (Å²) in [4.78, 5) is 23.1. The minimum Gasteiger partial charge on any atom is -0.481 e. The first-order valence-corrected chi connectivity index (χ1v) is 5.79. The minimum absolute atomic E-state index is 0.254. The maximum atomic E-state index is 12.1. The van der Waals surface area contributed by atoms with Crippen molar-refractivity contribution >= 4 is 17.7 Å². The van der Waals surface area contributed by atoms with Gasteiger partial charge in [0, 0.05) is 13.1 Å². The summed E-state index contributed by atoms with van der Waals surface area (Å²) in [6.07, 6.45) is 0. The Bertz CT molecular complexity index is 519. The molecule has 0 aromatic carbocycles. The number of carboxylic acids is 1. The second kappa shape index (κ2) is 3.83. The average molecular weight is 251 g/mol. The number of hydrogen-bond acceptors (Lipinski definition) is 3. The van der Waals surface area contributed by atoms with Crippen LogP contribution >= 0.6 is 0 Å². The van der Waals surface area contributed by atoms with Crippen molar-refractivity contribution in [3.8, 4) is 0 Å². The fourth-order valence-corrected chi connectivity index (χ4v) is 2.52. The number of aromatic nitrogens is 2. The largest absolute Gasteiger partial charge is 0.481 e. The van der Waals surface area contributed by atoms with Crippen molar-refractivity contribution in [2.75, 3.05) is 5.32 Å². The molecule has 98 valence electrons. The molecule has 6 nitrogen and oxygen atoms in total. The zero-order chi connectivity index (χ0) is 13.7. The Hall–Kier alpha value is -1.85. The lowest BCUT2D eigenvalue weighted by atomic mass is 10.1. The van der Waals surface area contributed by atoms with Crippen LogP contribution in [0.2, 0.25) is 0 Å². The first kappa shape index (κ1) is 12.6. The van der Waals surface area contributed by atoms with Crippen LogP contribution in [0.3, 0.4) is 0 Å². The van der Waals surface area contributed by atoms with Crippen LogP contribution in [0.15, 0.2) is 6.07 Å². The maximum absolute atomic E-state index is 12.1. The van der Waals surface area contributed by atoms with E-state index in [1.54, 1.807) is 31.6 Å². The van der Waals surface area contributed by atoms with Gasteiger partial charge in [-0.1, -0.05) is 13.8 Å². The van der Waals surface area contributed by atoms with Crippen LogP contribution in [0.4, 0.5) is 5.82 Å². The van der Waals surface area contributed by atoms with Gasteiger partial charge in [0.05, 0.1) is 17.5 Å². The predicted octanol–water partition coefficient (Wildman–Crippen LogP) is 1.02. The molecule has 0 spiro atoms. The second-order valence-corrected chi connectivity index (χ2v) is 5.40. The second-order valence-electron chi connectivity index (χ2n) is 5.40. The molecule has 18 heavy (non-hydrogen) atoms. The molecule has 1 fully saturated rings. The SMILES string of the molecule is Cc1cc(NC(=O)[C@@H]2[C@@H](C(=O)O)C2(C)C)n(C)n1. The van der Waals surface area contributed by atoms with Crippen molar-refractivity contribution in [1.82, 2.24) is 9.78 Å². The van der Waals surface area contributed by atoms with E-state index in [0.717, 1.165) is 5.69 Å². The van der Waals surface area contributed by atoms with Gasteiger partial charge < -0.3 is 10.4 Å². The molecule has 0 radical (unpaired) electrons. The smallest absolute Gasteiger partial charge is 0.307 e. The fraction of sp³-hybridized carbons (Fsp3) is 0.583. The van der Waals surface area contributed by atoms with Crippen molar-refractivity contribution < 1.29 is 14.7 Å². The molecule has 0 saturated heterocycles. The van der Waals surface area contributed by atoms with E-state index >= 15 is 0 Å². The summed E-state index contributed by atoms with van der Waals surface area (Å²) in [5.41, 5.74) is 0.321. The Balaban J connectivity index is 2.11. The van der Waals surface area contributed by atoms with Crippen LogP contribution in [0.5, 0.6) is 0 Å². The van der Waals surface area contributed by atoms with E-state index in [0.29, 0.717) is 5.82 Å². The highest BCUT2D eigenvalue weighted by Crippen LogP contribution is 2.58. The third-order valence-corrected chi connectivity index (χ3v) is 3.63. The molecule has 2 N–H and O–H groups in total. The molecule has 0 bridgehead atoms. The van der Waals surface area contributed by atoms with Crippen LogP contribution in [-0.2, 0) is 16.6 Å². The number of hydrogen-bond donors (Lipinski definition) is 2. The number of amides is 1. The van der Waals surface area contributed by atoms with Gasteiger partial charge in [-0.3, -0.25) is 14.3 Å². The van der Waals surface area contributed by atoms with E-state index in [-0.39, 0.29) is 5.91 Å². The monoisotopic (exact) mass is 251 g/mol. The highest BCUT2D eigenvalue weighted by atomic mass is 16.4. The first-order chi connectivity index (χ1) is 8.25. The average Bonchev–Trinajstić information content (AvgIpc) is 2.66.